The monoisotopic (exact) mass is 573 g/mol. The number of alkyl halides is 3. The van der Waals surface area contributed by atoms with Crippen LogP contribution in [0.2, 0.25) is 0 Å². The molecule has 0 aliphatic carbocycles. The summed E-state index contributed by atoms with van der Waals surface area (Å²) in [7, 11) is 0. The van der Waals surface area contributed by atoms with Gasteiger partial charge in [-0.25, -0.2) is 0 Å². The van der Waals surface area contributed by atoms with Gasteiger partial charge in [0, 0.05) is 17.1 Å². The second kappa shape index (κ2) is 10.5. The zero-order valence-corrected chi connectivity index (χ0v) is 23.6. The predicted molar refractivity (Wildman–Crippen MR) is 158 cm³/mol. The number of anilines is 2. The van der Waals surface area contributed by atoms with Gasteiger partial charge in [0.2, 0.25) is 0 Å². The first-order valence-electron chi connectivity index (χ1n) is 12.8. The van der Waals surface area contributed by atoms with E-state index in [2.05, 4.69) is 0 Å². The van der Waals surface area contributed by atoms with E-state index in [-0.39, 0.29) is 10.7 Å². The van der Waals surface area contributed by atoms with Gasteiger partial charge in [0.25, 0.3) is 11.8 Å². The van der Waals surface area contributed by atoms with Gasteiger partial charge in [0.05, 0.1) is 16.9 Å². The Balaban J connectivity index is 1.65. The summed E-state index contributed by atoms with van der Waals surface area (Å²) in [6.45, 7) is 7.38. The molecule has 2 heterocycles. The van der Waals surface area contributed by atoms with Gasteiger partial charge >= 0.3 is 6.18 Å². The first-order chi connectivity index (χ1) is 19.4. The summed E-state index contributed by atoms with van der Waals surface area (Å²) in [5.74, 6) is -1.17. The number of amides is 2. The van der Waals surface area contributed by atoms with Gasteiger partial charge in [-0.15, -0.1) is 0 Å². The van der Waals surface area contributed by atoms with Crippen molar-refractivity contribution in [2.45, 2.75) is 33.9 Å². The number of thiocarbonyl (C=S) groups is 1. The van der Waals surface area contributed by atoms with Crippen molar-refractivity contribution in [3.05, 3.63) is 118 Å². The van der Waals surface area contributed by atoms with Gasteiger partial charge in [0.15, 0.2) is 5.11 Å². The van der Waals surface area contributed by atoms with Gasteiger partial charge < -0.3 is 4.57 Å². The first kappa shape index (κ1) is 28.0. The van der Waals surface area contributed by atoms with Gasteiger partial charge in [-0.2, -0.15) is 13.2 Å². The Morgan fingerprint density at radius 2 is 1.34 bits per heavy atom. The second-order valence-electron chi connectivity index (χ2n) is 9.94. The van der Waals surface area contributed by atoms with Crippen molar-refractivity contribution < 1.29 is 22.8 Å². The fourth-order valence-electron chi connectivity index (χ4n) is 4.93. The molecular formula is C32H26F3N3O2S. The molecule has 0 unspecified atom stereocenters. The normalized spacial score (nSPS) is 15.3. The summed E-state index contributed by atoms with van der Waals surface area (Å²) < 4.78 is 41.9. The lowest BCUT2D eigenvalue weighted by Gasteiger charge is -2.36. The average Bonchev–Trinajstić information content (AvgIpc) is 3.21. The number of nitrogens with zero attached hydrogens (tertiary/aromatic N) is 3. The Kier molecular flexibility index (Phi) is 7.17. The smallest absolute Gasteiger partial charge is 0.318 e. The maximum absolute atomic E-state index is 13.9. The lowest BCUT2D eigenvalue weighted by atomic mass is 10.0. The molecule has 1 fully saturated rings. The first-order valence-corrected chi connectivity index (χ1v) is 13.2. The molecule has 2 amide bonds. The third-order valence-electron chi connectivity index (χ3n) is 7.21. The zero-order valence-electron chi connectivity index (χ0n) is 22.8. The molecule has 0 saturated carbocycles. The van der Waals surface area contributed by atoms with Crippen LogP contribution in [0.25, 0.3) is 11.8 Å². The second-order valence-corrected chi connectivity index (χ2v) is 10.3. The maximum atomic E-state index is 13.9. The van der Waals surface area contributed by atoms with E-state index in [0.29, 0.717) is 34.0 Å². The van der Waals surface area contributed by atoms with E-state index in [9.17, 15) is 22.8 Å². The minimum Gasteiger partial charge on any atom is -0.318 e. The molecule has 0 N–H and O–H groups in total. The van der Waals surface area contributed by atoms with Crippen molar-refractivity contribution in [1.29, 1.82) is 0 Å². The molecule has 1 aliphatic heterocycles. The minimum absolute atomic E-state index is 0.0287. The summed E-state index contributed by atoms with van der Waals surface area (Å²) in [6, 6.07) is 21.1. The number of rotatable bonds is 4. The van der Waals surface area contributed by atoms with Crippen LogP contribution in [0, 0.1) is 27.7 Å². The highest BCUT2D eigenvalue weighted by molar-refractivity contribution is 7.81. The van der Waals surface area contributed by atoms with Crippen LogP contribution in [0.1, 0.15) is 33.6 Å². The van der Waals surface area contributed by atoms with Crippen LogP contribution < -0.4 is 9.80 Å². The fraction of sp³-hybridized carbons (Fsp3) is 0.156. The van der Waals surface area contributed by atoms with Crippen LogP contribution in [0.4, 0.5) is 24.5 Å². The van der Waals surface area contributed by atoms with E-state index in [0.717, 1.165) is 23.3 Å². The summed E-state index contributed by atoms with van der Waals surface area (Å²) in [6.07, 6.45) is -3.00. The summed E-state index contributed by atoms with van der Waals surface area (Å²) >= 11 is 5.70. The molecule has 41 heavy (non-hydrogen) atoms. The number of halogens is 3. The van der Waals surface area contributed by atoms with E-state index in [1.165, 1.54) is 21.9 Å². The molecule has 208 valence electrons. The molecule has 1 aromatic heterocycles. The van der Waals surface area contributed by atoms with Crippen LogP contribution in [0.3, 0.4) is 0 Å². The Morgan fingerprint density at radius 3 is 1.98 bits per heavy atom. The Morgan fingerprint density at radius 1 is 0.707 bits per heavy atom. The fourth-order valence-corrected chi connectivity index (χ4v) is 5.31. The molecule has 4 aromatic rings. The predicted octanol–water partition coefficient (Wildman–Crippen LogP) is 7.48. The van der Waals surface area contributed by atoms with Crippen LogP contribution >= 0.6 is 12.2 Å². The Hall–Kier alpha value is -4.50. The van der Waals surface area contributed by atoms with Gasteiger partial charge in [0.1, 0.15) is 5.57 Å². The van der Waals surface area contributed by atoms with Crippen molar-refractivity contribution in [1.82, 2.24) is 4.57 Å². The van der Waals surface area contributed by atoms with E-state index in [1.54, 1.807) is 60.9 Å². The van der Waals surface area contributed by atoms with Crippen molar-refractivity contribution in [2.75, 3.05) is 9.80 Å². The largest absolute Gasteiger partial charge is 0.416 e. The van der Waals surface area contributed by atoms with Gasteiger partial charge in [-0.3, -0.25) is 19.4 Å². The third-order valence-corrected chi connectivity index (χ3v) is 7.58. The van der Waals surface area contributed by atoms with Crippen molar-refractivity contribution in [2.24, 2.45) is 0 Å². The number of aryl methyl sites for hydroxylation is 3. The molecule has 0 bridgehead atoms. The van der Waals surface area contributed by atoms with Crippen molar-refractivity contribution >= 4 is 46.6 Å². The average molecular weight is 574 g/mol. The number of carbonyl (C=O) groups excluding carboxylic acids is 2. The minimum atomic E-state index is -4.49. The van der Waals surface area contributed by atoms with Gasteiger partial charge in [-0.05, 0) is 111 Å². The molecular weight excluding hydrogens is 547 g/mol. The molecule has 0 atom stereocenters. The Bertz CT molecular complexity index is 1740. The van der Waals surface area contributed by atoms with Crippen molar-refractivity contribution in [3.8, 4) is 5.69 Å². The molecule has 9 heteroatoms. The standard InChI is InChI=1S/C32H26F3N3O2S/c1-19-13-14-27(15-20(19)2)38-30(40)28(29(39)37(31(38)41)25-10-6-5-7-11-25)17-23-16-21(3)36(22(23)4)26-12-8-9-24(18-26)32(33,34)35/h5-18H,1-4H3/b28-17+. The highest BCUT2D eigenvalue weighted by Crippen LogP contribution is 2.34. The number of hydrogen-bond donors (Lipinski definition) is 0. The van der Waals surface area contributed by atoms with Crippen LogP contribution in [-0.2, 0) is 15.8 Å². The molecule has 0 spiro atoms. The maximum Gasteiger partial charge on any atom is 0.416 e. The lowest BCUT2D eigenvalue weighted by molar-refractivity contribution is -0.137. The molecule has 1 saturated heterocycles. The topological polar surface area (TPSA) is 45.6 Å². The summed E-state index contributed by atoms with van der Waals surface area (Å²) in [5.41, 5.74) is 4.21. The van der Waals surface area contributed by atoms with E-state index < -0.39 is 23.6 Å². The molecule has 5 rings (SSSR count). The van der Waals surface area contributed by atoms with Crippen LogP contribution in [0.5, 0.6) is 0 Å². The van der Waals surface area contributed by atoms with Crippen LogP contribution in [0.15, 0.2) is 84.4 Å². The third kappa shape index (κ3) is 5.09. The molecule has 0 radical (unpaired) electrons. The van der Waals surface area contributed by atoms with E-state index in [4.69, 9.17) is 12.2 Å². The highest BCUT2D eigenvalue weighted by atomic mass is 32.1. The van der Waals surface area contributed by atoms with Crippen LogP contribution in [-0.4, -0.2) is 21.5 Å². The zero-order chi connectivity index (χ0) is 29.6. The number of benzene rings is 3. The highest BCUT2D eigenvalue weighted by Gasteiger charge is 2.41. The van der Waals surface area contributed by atoms with Crippen molar-refractivity contribution in [3.63, 3.8) is 0 Å². The number of para-hydroxylation sites is 1. The number of hydrogen-bond acceptors (Lipinski definition) is 3. The number of aromatic nitrogens is 1. The molecule has 1 aliphatic rings. The summed E-state index contributed by atoms with van der Waals surface area (Å²) in [5, 5.41) is 0.0287. The number of carbonyl (C=O) groups is 2. The van der Waals surface area contributed by atoms with E-state index in [1.807, 2.05) is 32.0 Å². The summed E-state index contributed by atoms with van der Waals surface area (Å²) in [4.78, 5) is 30.5. The Labute approximate surface area is 241 Å². The molecule has 5 nitrogen and oxygen atoms in total. The SMILES string of the molecule is Cc1ccc(N2C(=O)/C(=C/c3cc(C)n(-c4cccc(C(F)(F)F)c4)c3C)C(=O)N(c3ccccc3)C2=S)cc1C. The van der Waals surface area contributed by atoms with E-state index >= 15 is 0 Å². The van der Waals surface area contributed by atoms with Gasteiger partial charge in [-0.1, -0.05) is 30.3 Å². The lowest BCUT2D eigenvalue weighted by Crippen LogP contribution is -2.57. The molecule has 3 aromatic carbocycles. The quantitative estimate of drug-likeness (QED) is 0.145.